The number of aryl methyl sites for hydroxylation is 1. The summed E-state index contributed by atoms with van der Waals surface area (Å²) < 4.78 is 31.6. The number of carbonyl (C=O) groups excluding carboxylic acids is 4. The highest BCUT2D eigenvalue weighted by Gasteiger charge is 2.42. The van der Waals surface area contributed by atoms with Crippen LogP contribution >= 0.6 is 11.6 Å². The first kappa shape index (κ1) is 37.5. The molecular weight excluding hydrogens is 666 g/mol. The van der Waals surface area contributed by atoms with E-state index < -0.39 is 23.8 Å². The van der Waals surface area contributed by atoms with Crippen molar-refractivity contribution in [1.29, 1.82) is 0 Å². The normalized spacial score (nSPS) is 20.0. The van der Waals surface area contributed by atoms with Crippen LogP contribution in [0.3, 0.4) is 0 Å². The Morgan fingerprint density at radius 1 is 1.02 bits per heavy atom. The Bertz CT molecular complexity index is 1570. The second-order valence-corrected chi connectivity index (χ2v) is 15.1. The summed E-state index contributed by atoms with van der Waals surface area (Å²) in [6, 6.07) is 11.1. The van der Waals surface area contributed by atoms with Crippen LogP contribution < -0.4 is 15.0 Å². The van der Waals surface area contributed by atoms with Crippen molar-refractivity contribution in [1.82, 2.24) is 15.1 Å². The number of fused-ring (bicyclic) bond motifs is 1. The van der Waals surface area contributed by atoms with Gasteiger partial charge in [0, 0.05) is 48.3 Å². The average molecular weight is 715 g/mol. The highest BCUT2D eigenvalue weighted by Crippen LogP contribution is 2.41. The van der Waals surface area contributed by atoms with Crippen molar-refractivity contribution in [3.63, 3.8) is 0 Å². The van der Waals surface area contributed by atoms with Gasteiger partial charge in [0.1, 0.15) is 5.75 Å². The molecule has 1 heterocycles. The minimum atomic E-state index is -3.16. The van der Waals surface area contributed by atoms with E-state index in [2.05, 4.69) is 10.2 Å². The summed E-state index contributed by atoms with van der Waals surface area (Å²) in [6.45, 7) is 9.59. The van der Waals surface area contributed by atoms with E-state index in [9.17, 15) is 28.0 Å². The van der Waals surface area contributed by atoms with Crippen LogP contribution in [0.15, 0.2) is 36.4 Å². The molecule has 0 aromatic heterocycles. The molecule has 1 aliphatic heterocycles. The third kappa shape index (κ3) is 8.76. The van der Waals surface area contributed by atoms with Crippen molar-refractivity contribution in [3.8, 4) is 5.75 Å². The molecule has 2 saturated carbocycles. The van der Waals surface area contributed by atoms with E-state index in [1.807, 2.05) is 49.9 Å². The van der Waals surface area contributed by atoms with Crippen LogP contribution in [0.25, 0.3) is 0 Å². The van der Waals surface area contributed by atoms with Crippen LogP contribution in [0.4, 0.5) is 14.5 Å². The van der Waals surface area contributed by atoms with Gasteiger partial charge < -0.3 is 24.8 Å². The molecule has 2 aliphatic carbocycles. The van der Waals surface area contributed by atoms with Crippen molar-refractivity contribution in [2.75, 3.05) is 24.5 Å². The number of anilines is 1. The van der Waals surface area contributed by atoms with Gasteiger partial charge in [-0.05, 0) is 121 Å². The first-order valence-corrected chi connectivity index (χ1v) is 18.1. The predicted molar refractivity (Wildman–Crippen MR) is 189 cm³/mol. The van der Waals surface area contributed by atoms with Gasteiger partial charge in [0.05, 0.1) is 12.1 Å². The zero-order chi connectivity index (χ0) is 36.3. The maximum Gasteiger partial charge on any atom is 0.315 e. The van der Waals surface area contributed by atoms with Gasteiger partial charge in [-0.15, -0.1) is 0 Å². The van der Waals surface area contributed by atoms with Gasteiger partial charge in [-0.25, -0.2) is 0 Å². The van der Waals surface area contributed by atoms with E-state index in [1.165, 1.54) is 4.90 Å². The van der Waals surface area contributed by atoms with E-state index >= 15 is 0 Å². The van der Waals surface area contributed by atoms with Crippen LogP contribution in [0.2, 0.25) is 5.02 Å². The number of hydrogen-bond donors (Lipinski definition) is 1. The molecule has 5 rings (SSSR count). The van der Waals surface area contributed by atoms with Gasteiger partial charge in [-0.3, -0.25) is 19.2 Å². The minimum absolute atomic E-state index is 0.0396. The van der Waals surface area contributed by atoms with Crippen LogP contribution in [-0.4, -0.2) is 83.2 Å². The van der Waals surface area contributed by atoms with Gasteiger partial charge in [0.25, 0.3) is 17.7 Å². The largest absolute Gasteiger partial charge is 0.476 e. The number of halogens is 3. The molecule has 1 N–H and O–H groups in total. The van der Waals surface area contributed by atoms with Crippen molar-refractivity contribution < 1.29 is 32.7 Å². The Balaban J connectivity index is 1.24. The molecule has 0 radical (unpaired) electrons. The standard InChI is InChI=1S/C38H49ClF2N4O5/c1-23(2)45(29-12-8-25(9-13-29)16-18-43(28-14-15-28)33(46)21-26-6-10-27(39)11-7-26)36(48)30-22-31-32(20-24(30)3)50-38(4,5)37(49)44(31)19-17-42-35(47)34(40)41/h6-7,10-11,20,22-23,25,28-29,34H,8-9,12-19,21H2,1-5H3,(H,42,47)/t25-,29+. The monoisotopic (exact) mass is 714 g/mol. The molecule has 0 spiro atoms. The third-order valence-corrected chi connectivity index (χ3v) is 10.4. The SMILES string of the molecule is Cc1cc2c(cc1C(=O)N(C(C)C)[C@H]1CC[C@@H](CCN(C(=O)Cc3ccc(Cl)cc3)C3CC3)CC1)N(CCNC(=O)C(F)F)C(=O)C(C)(C)O2. The Labute approximate surface area is 298 Å². The highest BCUT2D eigenvalue weighted by atomic mass is 35.5. The average Bonchev–Trinajstić information content (AvgIpc) is 3.89. The predicted octanol–water partition coefficient (Wildman–Crippen LogP) is 6.57. The van der Waals surface area contributed by atoms with Gasteiger partial charge in [-0.2, -0.15) is 8.78 Å². The van der Waals surface area contributed by atoms with Crippen molar-refractivity contribution in [3.05, 3.63) is 58.1 Å². The molecule has 0 unspecified atom stereocenters. The summed E-state index contributed by atoms with van der Waals surface area (Å²) in [6.07, 6.45) is 3.89. The molecule has 2 fully saturated rings. The number of amides is 4. The maximum atomic E-state index is 14.3. The molecule has 50 heavy (non-hydrogen) atoms. The molecule has 2 aromatic rings. The lowest BCUT2D eigenvalue weighted by Gasteiger charge is -2.41. The van der Waals surface area contributed by atoms with E-state index in [1.54, 1.807) is 26.0 Å². The van der Waals surface area contributed by atoms with Gasteiger partial charge in [0.15, 0.2) is 5.60 Å². The molecule has 4 amide bonds. The fourth-order valence-corrected chi connectivity index (χ4v) is 7.43. The minimum Gasteiger partial charge on any atom is -0.476 e. The quantitative estimate of drug-likeness (QED) is 0.253. The van der Waals surface area contributed by atoms with E-state index in [4.69, 9.17) is 16.3 Å². The number of hydrogen-bond acceptors (Lipinski definition) is 5. The lowest BCUT2D eigenvalue weighted by atomic mass is 9.82. The second-order valence-electron chi connectivity index (χ2n) is 14.7. The van der Waals surface area contributed by atoms with Gasteiger partial charge in [0.2, 0.25) is 5.91 Å². The Hall–Kier alpha value is -3.73. The summed E-state index contributed by atoms with van der Waals surface area (Å²) in [5.74, 6) is -0.907. The number of nitrogens with zero attached hydrogens (tertiary/aromatic N) is 3. The summed E-state index contributed by atoms with van der Waals surface area (Å²) in [4.78, 5) is 57.8. The first-order valence-electron chi connectivity index (χ1n) is 17.7. The molecule has 0 saturated heterocycles. The smallest absolute Gasteiger partial charge is 0.315 e. The molecule has 0 bridgehead atoms. The molecule has 0 atom stereocenters. The van der Waals surface area contributed by atoms with E-state index in [0.29, 0.717) is 46.0 Å². The second kappa shape index (κ2) is 15.7. The molecular formula is C38H49ClF2N4O5. The molecule has 12 heteroatoms. The number of carbonyl (C=O) groups is 4. The van der Waals surface area contributed by atoms with Crippen LogP contribution in [0, 0.1) is 12.8 Å². The summed E-state index contributed by atoms with van der Waals surface area (Å²) in [5, 5.41) is 2.81. The lowest BCUT2D eigenvalue weighted by Crippen LogP contribution is -2.54. The highest BCUT2D eigenvalue weighted by molar-refractivity contribution is 6.30. The summed E-state index contributed by atoms with van der Waals surface area (Å²) >= 11 is 6.02. The molecule has 272 valence electrons. The van der Waals surface area contributed by atoms with Crippen LogP contribution in [-0.2, 0) is 20.8 Å². The third-order valence-electron chi connectivity index (χ3n) is 10.1. The van der Waals surface area contributed by atoms with Crippen molar-refractivity contribution in [2.45, 2.75) is 116 Å². The summed E-state index contributed by atoms with van der Waals surface area (Å²) in [7, 11) is 0. The number of nitrogens with one attached hydrogen (secondary N) is 1. The maximum absolute atomic E-state index is 14.3. The zero-order valence-corrected chi connectivity index (χ0v) is 30.4. The zero-order valence-electron chi connectivity index (χ0n) is 29.6. The van der Waals surface area contributed by atoms with Crippen LogP contribution in [0.1, 0.15) is 94.1 Å². The number of alkyl halides is 2. The Kier molecular flexibility index (Phi) is 11.8. The van der Waals surface area contributed by atoms with Crippen LogP contribution in [0.5, 0.6) is 5.75 Å². The fraction of sp³-hybridized carbons (Fsp3) is 0.579. The summed E-state index contributed by atoms with van der Waals surface area (Å²) in [5.41, 5.74) is 1.25. The molecule has 2 aromatic carbocycles. The number of rotatable bonds is 13. The van der Waals surface area contributed by atoms with Gasteiger partial charge >= 0.3 is 6.43 Å². The van der Waals surface area contributed by atoms with Gasteiger partial charge in [-0.1, -0.05) is 23.7 Å². The molecule has 3 aliphatic rings. The Morgan fingerprint density at radius 2 is 1.66 bits per heavy atom. The molecule has 9 nitrogen and oxygen atoms in total. The van der Waals surface area contributed by atoms with E-state index in [-0.39, 0.29) is 37.0 Å². The fourth-order valence-electron chi connectivity index (χ4n) is 7.31. The number of ether oxygens (including phenoxy) is 1. The topological polar surface area (TPSA) is 99.3 Å². The first-order chi connectivity index (χ1) is 23.7. The van der Waals surface area contributed by atoms with Crippen molar-refractivity contribution >= 4 is 40.9 Å². The van der Waals surface area contributed by atoms with E-state index in [0.717, 1.165) is 57.1 Å². The lowest BCUT2D eigenvalue weighted by molar-refractivity contribution is -0.133. The van der Waals surface area contributed by atoms with Crippen molar-refractivity contribution in [2.24, 2.45) is 5.92 Å². The Morgan fingerprint density at radius 3 is 2.26 bits per heavy atom. The number of benzene rings is 2.